The second kappa shape index (κ2) is 7.28. The molecule has 0 aromatic heterocycles. The fourth-order valence-electron chi connectivity index (χ4n) is 2.47. The highest BCUT2D eigenvalue weighted by Gasteiger charge is 2.32. The highest BCUT2D eigenvalue weighted by molar-refractivity contribution is 5.85. The average molecular weight is 278 g/mol. The monoisotopic (exact) mass is 277 g/mol. The quantitative estimate of drug-likeness (QED) is 0.730. The zero-order chi connectivity index (χ0) is 12.3. The van der Waals surface area contributed by atoms with Gasteiger partial charge in [-0.1, -0.05) is 0 Å². The third-order valence-electron chi connectivity index (χ3n) is 3.61. The Labute approximate surface area is 115 Å². The molecule has 18 heavy (non-hydrogen) atoms. The van der Waals surface area contributed by atoms with Crippen LogP contribution in [0.4, 0.5) is 0 Å². The van der Waals surface area contributed by atoms with E-state index < -0.39 is 0 Å². The number of hydrogen-bond acceptors (Lipinski definition) is 4. The maximum Gasteiger partial charge on any atom is 0.242 e. The second-order valence-electron chi connectivity index (χ2n) is 4.99. The molecule has 6 heteroatoms. The van der Waals surface area contributed by atoms with Gasteiger partial charge in [0.1, 0.15) is 6.04 Å². The Morgan fingerprint density at radius 2 is 2.06 bits per heavy atom. The third kappa shape index (κ3) is 3.82. The van der Waals surface area contributed by atoms with Crippen LogP contribution in [0, 0.1) is 0 Å². The van der Waals surface area contributed by atoms with E-state index in [0.717, 1.165) is 39.1 Å². The molecule has 0 aromatic rings. The predicted molar refractivity (Wildman–Crippen MR) is 73.1 cm³/mol. The van der Waals surface area contributed by atoms with Gasteiger partial charge in [0.05, 0.1) is 12.7 Å². The summed E-state index contributed by atoms with van der Waals surface area (Å²) in [5.41, 5.74) is 0. The smallest absolute Gasteiger partial charge is 0.242 e. The molecule has 0 spiro atoms. The molecule has 0 radical (unpaired) electrons. The molecule has 2 aliphatic rings. The molecule has 2 rings (SSSR count). The molecule has 1 N–H and O–H groups in total. The van der Waals surface area contributed by atoms with Crippen LogP contribution < -0.4 is 5.32 Å². The highest BCUT2D eigenvalue weighted by Crippen LogP contribution is 2.10. The minimum Gasteiger partial charge on any atom is -0.375 e. The molecule has 2 aliphatic heterocycles. The van der Waals surface area contributed by atoms with Crippen molar-refractivity contribution in [3.05, 3.63) is 0 Å². The highest BCUT2D eigenvalue weighted by atomic mass is 35.5. The minimum absolute atomic E-state index is 0. The van der Waals surface area contributed by atoms with Crippen LogP contribution in [0.1, 0.15) is 13.3 Å². The molecule has 0 saturated carbocycles. The summed E-state index contributed by atoms with van der Waals surface area (Å²) >= 11 is 0. The van der Waals surface area contributed by atoms with Gasteiger partial charge in [0.15, 0.2) is 0 Å². The molecule has 0 aliphatic carbocycles. The van der Waals surface area contributed by atoms with Crippen LogP contribution in [-0.2, 0) is 9.53 Å². The Bertz CT molecular complexity index is 278. The zero-order valence-electron chi connectivity index (χ0n) is 11.2. The number of nitrogens with one attached hydrogen (secondary N) is 1. The second-order valence-corrected chi connectivity index (χ2v) is 4.99. The first-order valence-electron chi connectivity index (χ1n) is 6.51. The number of carbonyl (C=O) groups excluding carboxylic acids is 1. The van der Waals surface area contributed by atoms with Crippen molar-refractivity contribution in [2.45, 2.75) is 25.5 Å². The normalized spacial score (nSPS) is 30.4. The van der Waals surface area contributed by atoms with Gasteiger partial charge in [0.25, 0.3) is 0 Å². The van der Waals surface area contributed by atoms with E-state index in [-0.39, 0.29) is 30.5 Å². The molecular weight excluding hydrogens is 254 g/mol. The SMILES string of the molecule is C[C@H]1OCCN[C@@H]1C(=O)N1CCCN(C)CC1.Cl. The summed E-state index contributed by atoms with van der Waals surface area (Å²) < 4.78 is 5.53. The van der Waals surface area contributed by atoms with Gasteiger partial charge >= 0.3 is 0 Å². The number of rotatable bonds is 1. The van der Waals surface area contributed by atoms with Crippen LogP contribution >= 0.6 is 12.4 Å². The van der Waals surface area contributed by atoms with E-state index >= 15 is 0 Å². The maximum atomic E-state index is 12.4. The Kier molecular flexibility index (Phi) is 6.35. The number of hydrogen-bond donors (Lipinski definition) is 1. The van der Waals surface area contributed by atoms with Crippen molar-refractivity contribution in [1.29, 1.82) is 0 Å². The molecule has 1 amide bonds. The molecule has 106 valence electrons. The lowest BCUT2D eigenvalue weighted by molar-refractivity contribution is -0.139. The summed E-state index contributed by atoms with van der Waals surface area (Å²) in [6.07, 6.45) is 1.04. The van der Waals surface area contributed by atoms with Gasteiger partial charge in [-0.2, -0.15) is 0 Å². The largest absolute Gasteiger partial charge is 0.375 e. The Balaban J connectivity index is 0.00000162. The van der Waals surface area contributed by atoms with Gasteiger partial charge in [-0.25, -0.2) is 0 Å². The summed E-state index contributed by atoms with van der Waals surface area (Å²) in [4.78, 5) is 16.6. The summed E-state index contributed by atoms with van der Waals surface area (Å²) in [5.74, 6) is 0.201. The zero-order valence-corrected chi connectivity index (χ0v) is 12.0. The van der Waals surface area contributed by atoms with Crippen molar-refractivity contribution in [3.8, 4) is 0 Å². The third-order valence-corrected chi connectivity index (χ3v) is 3.61. The summed E-state index contributed by atoms with van der Waals surface area (Å²) in [5, 5.41) is 3.27. The van der Waals surface area contributed by atoms with Crippen molar-refractivity contribution in [2.75, 3.05) is 46.4 Å². The van der Waals surface area contributed by atoms with E-state index in [0.29, 0.717) is 6.61 Å². The Morgan fingerprint density at radius 3 is 2.78 bits per heavy atom. The van der Waals surface area contributed by atoms with Crippen molar-refractivity contribution >= 4 is 18.3 Å². The van der Waals surface area contributed by atoms with Gasteiger partial charge in [-0.15, -0.1) is 12.4 Å². The van der Waals surface area contributed by atoms with Crippen LogP contribution in [0.2, 0.25) is 0 Å². The summed E-state index contributed by atoms with van der Waals surface area (Å²) in [7, 11) is 2.11. The van der Waals surface area contributed by atoms with Crippen molar-refractivity contribution < 1.29 is 9.53 Å². The predicted octanol–water partition coefficient (Wildman–Crippen LogP) is -0.0508. The number of likely N-dealkylation sites (N-methyl/N-ethyl adjacent to an activating group) is 1. The van der Waals surface area contributed by atoms with Crippen molar-refractivity contribution in [2.24, 2.45) is 0 Å². The van der Waals surface area contributed by atoms with E-state index in [1.165, 1.54) is 0 Å². The van der Waals surface area contributed by atoms with Gasteiger partial charge in [-0.05, 0) is 26.9 Å². The standard InChI is InChI=1S/C12H23N3O2.ClH/c1-10-11(13-4-9-17-10)12(16)15-6-3-5-14(2)7-8-15;/h10-11,13H,3-9H2,1-2H3;1H/t10-,11+;/m1./s1. The van der Waals surface area contributed by atoms with Gasteiger partial charge in [0, 0.05) is 26.2 Å². The van der Waals surface area contributed by atoms with Crippen LogP contribution in [0.5, 0.6) is 0 Å². The fraction of sp³-hybridized carbons (Fsp3) is 0.917. The molecule has 2 fully saturated rings. The lowest BCUT2D eigenvalue weighted by Crippen LogP contribution is -2.56. The van der Waals surface area contributed by atoms with Gasteiger partial charge in [-0.3, -0.25) is 4.79 Å². The fourth-order valence-corrected chi connectivity index (χ4v) is 2.47. The topological polar surface area (TPSA) is 44.8 Å². The average Bonchev–Trinajstić information content (AvgIpc) is 2.54. The maximum absolute atomic E-state index is 12.4. The van der Waals surface area contributed by atoms with E-state index in [1.54, 1.807) is 0 Å². The van der Waals surface area contributed by atoms with E-state index in [2.05, 4.69) is 17.3 Å². The van der Waals surface area contributed by atoms with E-state index in [1.807, 2.05) is 11.8 Å². The number of nitrogens with zero attached hydrogens (tertiary/aromatic N) is 2. The summed E-state index contributed by atoms with van der Waals surface area (Å²) in [6.45, 7) is 7.19. The Morgan fingerprint density at radius 1 is 1.28 bits per heavy atom. The number of halogens is 1. The van der Waals surface area contributed by atoms with Gasteiger partial charge in [0.2, 0.25) is 5.91 Å². The first kappa shape index (κ1) is 15.7. The van der Waals surface area contributed by atoms with Gasteiger partial charge < -0.3 is 19.9 Å². The Hall–Kier alpha value is -0.360. The van der Waals surface area contributed by atoms with Crippen LogP contribution in [0.15, 0.2) is 0 Å². The number of amides is 1. The van der Waals surface area contributed by atoms with Crippen LogP contribution in [0.25, 0.3) is 0 Å². The van der Waals surface area contributed by atoms with Crippen molar-refractivity contribution in [3.63, 3.8) is 0 Å². The van der Waals surface area contributed by atoms with Crippen LogP contribution in [0.3, 0.4) is 0 Å². The molecule has 0 unspecified atom stereocenters. The number of carbonyl (C=O) groups is 1. The van der Waals surface area contributed by atoms with Crippen LogP contribution in [-0.4, -0.2) is 74.2 Å². The lowest BCUT2D eigenvalue weighted by atomic mass is 10.1. The molecule has 0 aromatic carbocycles. The molecule has 2 saturated heterocycles. The molecule has 2 heterocycles. The first-order valence-corrected chi connectivity index (χ1v) is 6.51. The lowest BCUT2D eigenvalue weighted by Gasteiger charge is -2.33. The summed E-state index contributed by atoms with van der Waals surface area (Å²) in [6, 6.07) is -0.160. The number of morpholine rings is 1. The molecular formula is C12H24ClN3O2. The first-order chi connectivity index (χ1) is 8.18. The minimum atomic E-state index is -0.160. The van der Waals surface area contributed by atoms with E-state index in [4.69, 9.17) is 4.74 Å². The molecule has 2 atom stereocenters. The van der Waals surface area contributed by atoms with E-state index in [9.17, 15) is 4.79 Å². The molecule has 5 nitrogen and oxygen atoms in total. The van der Waals surface area contributed by atoms with Crippen molar-refractivity contribution in [1.82, 2.24) is 15.1 Å². The number of ether oxygens (including phenoxy) is 1. The molecule has 0 bridgehead atoms.